The smallest absolute Gasteiger partial charge is 0.253 e. The van der Waals surface area contributed by atoms with E-state index >= 15 is 0 Å². The van der Waals surface area contributed by atoms with E-state index in [2.05, 4.69) is 31.9 Å². The molecule has 5 heteroatoms. The molecule has 1 aliphatic heterocycles. The highest BCUT2D eigenvalue weighted by atomic mass is 79.9. The van der Waals surface area contributed by atoms with Gasteiger partial charge in [0.05, 0.1) is 0 Å². The Labute approximate surface area is 130 Å². The van der Waals surface area contributed by atoms with Gasteiger partial charge in [0.2, 0.25) is 0 Å². The summed E-state index contributed by atoms with van der Waals surface area (Å²) < 4.78 is 1.83. The summed E-state index contributed by atoms with van der Waals surface area (Å²) in [5.74, 6) is 0.669. The van der Waals surface area contributed by atoms with E-state index in [1.807, 2.05) is 23.1 Å². The van der Waals surface area contributed by atoms with Crippen molar-refractivity contribution >= 4 is 37.8 Å². The fraction of sp³-hybridized carbons (Fsp3) is 0.500. The molecule has 1 saturated heterocycles. The second kappa shape index (κ2) is 6.86. The van der Waals surface area contributed by atoms with E-state index in [1.54, 1.807) is 0 Å². The van der Waals surface area contributed by atoms with Crippen molar-refractivity contribution in [1.29, 1.82) is 0 Å². The molecule has 1 heterocycles. The van der Waals surface area contributed by atoms with E-state index in [0.29, 0.717) is 12.5 Å². The molecule has 0 aromatic heterocycles. The molecule has 3 nitrogen and oxygen atoms in total. The van der Waals surface area contributed by atoms with Crippen molar-refractivity contribution in [2.24, 2.45) is 11.7 Å². The molecule has 1 unspecified atom stereocenters. The standard InChI is InChI=1S/C14H18Br2N2O/c15-12-6-11(7-13(16)8-12)14(19)18-5-1-2-10(9-18)3-4-17/h6-8,10H,1-5,9,17H2. The molecular formula is C14H18Br2N2O. The van der Waals surface area contributed by atoms with E-state index < -0.39 is 0 Å². The number of benzene rings is 1. The monoisotopic (exact) mass is 388 g/mol. The molecule has 1 amide bonds. The van der Waals surface area contributed by atoms with Crippen molar-refractivity contribution in [3.63, 3.8) is 0 Å². The van der Waals surface area contributed by atoms with Crippen molar-refractivity contribution in [2.75, 3.05) is 19.6 Å². The Balaban J connectivity index is 2.10. The van der Waals surface area contributed by atoms with Gasteiger partial charge in [0.25, 0.3) is 5.91 Å². The van der Waals surface area contributed by atoms with Gasteiger partial charge in [-0.3, -0.25) is 4.79 Å². The molecule has 0 saturated carbocycles. The number of nitrogens with zero attached hydrogens (tertiary/aromatic N) is 1. The van der Waals surface area contributed by atoms with Crippen molar-refractivity contribution in [3.05, 3.63) is 32.7 Å². The largest absolute Gasteiger partial charge is 0.338 e. The highest BCUT2D eigenvalue weighted by Gasteiger charge is 2.24. The topological polar surface area (TPSA) is 46.3 Å². The number of carbonyl (C=O) groups excluding carboxylic acids is 1. The number of nitrogens with two attached hydrogens (primary N) is 1. The Kier molecular flexibility index (Phi) is 5.42. The molecular weight excluding hydrogens is 372 g/mol. The number of rotatable bonds is 3. The van der Waals surface area contributed by atoms with Gasteiger partial charge < -0.3 is 10.6 Å². The Morgan fingerprint density at radius 1 is 1.32 bits per heavy atom. The third kappa shape index (κ3) is 4.04. The minimum Gasteiger partial charge on any atom is -0.338 e. The van der Waals surface area contributed by atoms with Crippen LogP contribution in [0.25, 0.3) is 0 Å². The van der Waals surface area contributed by atoms with Gasteiger partial charge in [0.1, 0.15) is 0 Å². The summed E-state index contributed by atoms with van der Waals surface area (Å²) in [5.41, 5.74) is 6.35. The normalized spacial score (nSPS) is 19.5. The number of carbonyl (C=O) groups is 1. The van der Waals surface area contributed by atoms with Crippen molar-refractivity contribution in [2.45, 2.75) is 19.3 Å². The maximum absolute atomic E-state index is 12.5. The summed E-state index contributed by atoms with van der Waals surface area (Å²) in [6, 6.07) is 5.68. The molecule has 0 bridgehead atoms. The SMILES string of the molecule is NCCC1CCCN(C(=O)c2cc(Br)cc(Br)c2)C1. The van der Waals surface area contributed by atoms with Crippen LogP contribution in [-0.2, 0) is 0 Å². The molecule has 1 fully saturated rings. The van der Waals surface area contributed by atoms with Gasteiger partial charge >= 0.3 is 0 Å². The first-order valence-corrected chi connectivity index (χ1v) is 8.14. The molecule has 1 aromatic carbocycles. The number of piperidine rings is 1. The summed E-state index contributed by atoms with van der Waals surface area (Å²) in [5, 5.41) is 0. The molecule has 0 radical (unpaired) electrons. The van der Waals surface area contributed by atoms with E-state index in [0.717, 1.165) is 40.4 Å². The summed E-state index contributed by atoms with van der Waals surface area (Å²) in [6.07, 6.45) is 3.26. The van der Waals surface area contributed by atoms with Crippen LogP contribution in [-0.4, -0.2) is 30.4 Å². The maximum Gasteiger partial charge on any atom is 0.253 e. The highest BCUT2D eigenvalue weighted by molar-refractivity contribution is 9.11. The van der Waals surface area contributed by atoms with Crippen LogP contribution in [0.5, 0.6) is 0 Å². The zero-order valence-electron chi connectivity index (χ0n) is 10.7. The Morgan fingerprint density at radius 3 is 2.63 bits per heavy atom. The lowest BCUT2D eigenvalue weighted by molar-refractivity contribution is 0.0669. The minimum absolute atomic E-state index is 0.115. The van der Waals surface area contributed by atoms with Crippen LogP contribution in [0.15, 0.2) is 27.1 Å². The van der Waals surface area contributed by atoms with Gasteiger partial charge in [0, 0.05) is 27.6 Å². The molecule has 2 rings (SSSR count). The van der Waals surface area contributed by atoms with Crippen LogP contribution in [0, 0.1) is 5.92 Å². The molecule has 1 aliphatic rings. The fourth-order valence-corrected chi connectivity index (χ4v) is 3.87. The van der Waals surface area contributed by atoms with E-state index in [1.165, 1.54) is 6.42 Å². The number of hydrogen-bond donors (Lipinski definition) is 1. The molecule has 0 aliphatic carbocycles. The molecule has 19 heavy (non-hydrogen) atoms. The van der Waals surface area contributed by atoms with Crippen LogP contribution in [0.2, 0.25) is 0 Å². The second-order valence-corrected chi connectivity index (χ2v) is 6.83. The molecule has 1 atom stereocenters. The lowest BCUT2D eigenvalue weighted by Gasteiger charge is -2.32. The third-order valence-corrected chi connectivity index (χ3v) is 4.41. The van der Waals surface area contributed by atoms with Crippen LogP contribution in [0.1, 0.15) is 29.6 Å². The van der Waals surface area contributed by atoms with Crippen LogP contribution in [0.4, 0.5) is 0 Å². The second-order valence-electron chi connectivity index (χ2n) is 4.99. The lowest BCUT2D eigenvalue weighted by atomic mass is 9.94. The van der Waals surface area contributed by atoms with Crippen LogP contribution in [0.3, 0.4) is 0 Å². The number of hydrogen-bond acceptors (Lipinski definition) is 2. The summed E-state index contributed by atoms with van der Waals surface area (Å²) in [7, 11) is 0. The molecule has 0 spiro atoms. The van der Waals surface area contributed by atoms with Gasteiger partial charge in [-0.15, -0.1) is 0 Å². The predicted octanol–water partition coefficient (Wildman–Crippen LogP) is 3.41. The van der Waals surface area contributed by atoms with Gasteiger partial charge in [-0.2, -0.15) is 0 Å². The third-order valence-electron chi connectivity index (χ3n) is 3.49. The van der Waals surface area contributed by atoms with E-state index in [-0.39, 0.29) is 5.91 Å². The summed E-state index contributed by atoms with van der Waals surface area (Å²) in [6.45, 7) is 2.39. The molecule has 104 valence electrons. The van der Waals surface area contributed by atoms with Gasteiger partial charge in [-0.1, -0.05) is 31.9 Å². The van der Waals surface area contributed by atoms with Crippen molar-refractivity contribution < 1.29 is 4.79 Å². The average Bonchev–Trinajstić information content (AvgIpc) is 2.37. The first-order valence-electron chi connectivity index (χ1n) is 6.55. The Morgan fingerprint density at radius 2 is 2.00 bits per heavy atom. The van der Waals surface area contributed by atoms with Gasteiger partial charge in [-0.05, 0) is 49.9 Å². The zero-order valence-corrected chi connectivity index (χ0v) is 13.9. The van der Waals surface area contributed by atoms with Crippen molar-refractivity contribution in [1.82, 2.24) is 4.90 Å². The zero-order chi connectivity index (χ0) is 13.8. The van der Waals surface area contributed by atoms with Gasteiger partial charge in [0.15, 0.2) is 0 Å². The van der Waals surface area contributed by atoms with E-state index in [9.17, 15) is 4.79 Å². The summed E-state index contributed by atoms with van der Waals surface area (Å²) >= 11 is 6.85. The average molecular weight is 390 g/mol. The Hall–Kier alpha value is -0.390. The minimum atomic E-state index is 0.115. The highest BCUT2D eigenvalue weighted by Crippen LogP contribution is 2.24. The van der Waals surface area contributed by atoms with E-state index in [4.69, 9.17) is 5.73 Å². The van der Waals surface area contributed by atoms with Gasteiger partial charge in [-0.25, -0.2) is 0 Å². The fourth-order valence-electron chi connectivity index (χ4n) is 2.58. The first kappa shape index (κ1) is 15.0. The Bertz CT molecular complexity index is 443. The summed E-state index contributed by atoms with van der Waals surface area (Å²) in [4.78, 5) is 14.5. The molecule has 2 N–H and O–H groups in total. The van der Waals surface area contributed by atoms with Crippen molar-refractivity contribution in [3.8, 4) is 0 Å². The first-order chi connectivity index (χ1) is 9.10. The lowest BCUT2D eigenvalue weighted by Crippen LogP contribution is -2.40. The quantitative estimate of drug-likeness (QED) is 0.860. The predicted molar refractivity (Wildman–Crippen MR) is 84.1 cm³/mol. The number of amides is 1. The number of likely N-dealkylation sites (tertiary alicyclic amines) is 1. The van der Waals surface area contributed by atoms with Crippen LogP contribution >= 0.6 is 31.9 Å². The maximum atomic E-state index is 12.5. The number of halogens is 2. The molecule has 1 aromatic rings. The van der Waals surface area contributed by atoms with Crippen LogP contribution < -0.4 is 5.73 Å².